The van der Waals surface area contributed by atoms with Crippen molar-refractivity contribution in [2.24, 2.45) is 11.7 Å². The molecule has 2 atom stereocenters. The molecule has 1 aliphatic rings. The molecule has 0 heterocycles. The fourth-order valence-electron chi connectivity index (χ4n) is 1.99. The number of halogens is 2. The number of carbonyl (C=O) groups is 1. The van der Waals surface area contributed by atoms with Crippen LogP contribution < -0.4 is 11.1 Å². The second-order valence-electron chi connectivity index (χ2n) is 4.37. The van der Waals surface area contributed by atoms with E-state index in [0.717, 1.165) is 19.3 Å². The highest BCUT2D eigenvalue weighted by atomic mass is 19.3. The van der Waals surface area contributed by atoms with Crippen molar-refractivity contribution in [2.75, 3.05) is 19.8 Å². The maximum absolute atomic E-state index is 11.7. The molecule has 1 aliphatic carbocycles. The molecule has 0 radical (unpaired) electrons. The number of amides is 1. The highest BCUT2D eigenvalue weighted by Gasteiger charge is 2.23. The zero-order valence-electron chi connectivity index (χ0n) is 9.83. The van der Waals surface area contributed by atoms with E-state index < -0.39 is 13.0 Å². The maximum atomic E-state index is 11.7. The average Bonchev–Trinajstić information content (AvgIpc) is 2.67. The third-order valence-corrected chi connectivity index (χ3v) is 3.00. The molecule has 6 heteroatoms. The lowest BCUT2D eigenvalue weighted by atomic mass is 10.0. The van der Waals surface area contributed by atoms with Crippen LogP contribution in [0.15, 0.2) is 0 Å². The smallest absolute Gasteiger partial charge is 0.261 e. The van der Waals surface area contributed by atoms with Crippen LogP contribution >= 0.6 is 0 Å². The van der Waals surface area contributed by atoms with Gasteiger partial charge in [-0.1, -0.05) is 6.42 Å². The minimum absolute atomic E-state index is 0.0346. The molecule has 100 valence electrons. The van der Waals surface area contributed by atoms with E-state index in [1.54, 1.807) is 0 Å². The molecule has 1 rings (SSSR count). The normalized spacial score (nSPS) is 24.2. The summed E-state index contributed by atoms with van der Waals surface area (Å²) in [7, 11) is 0. The van der Waals surface area contributed by atoms with Crippen LogP contribution in [0, 0.1) is 5.92 Å². The zero-order chi connectivity index (χ0) is 12.7. The fraction of sp³-hybridized carbons (Fsp3) is 0.909. The Hall–Kier alpha value is -0.750. The van der Waals surface area contributed by atoms with Gasteiger partial charge in [0.05, 0.1) is 6.61 Å². The van der Waals surface area contributed by atoms with Crippen molar-refractivity contribution in [3.8, 4) is 0 Å². The van der Waals surface area contributed by atoms with E-state index in [4.69, 9.17) is 5.73 Å². The van der Waals surface area contributed by atoms with Crippen molar-refractivity contribution in [3.63, 3.8) is 0 Å². The van der Waals surface area contributed by atoms with Crippen molar-refractivity contribution in [1.29, 1.82) is 0 Å². The molecule has 1 fully saturated rings. The summed E-state index contributed by atoms with van der Waals surface area (Å²) < 4.78 is 28.1. The Morgan fingerprint density at radius 1 is 1.47 bits per heavy atom. The second-order valence-corrected chi connectivity index (χ2v) is 4.37. The molecule has 3 N–H and O–H groups in total. The van der Waals surface area contributed by atoms with Crippen molar-refractivity contribution in [1.82, 2.24) is 5.32 Å². The van der Waals surface area contributed by atoms with E-state index in [2.05, 4.69) is 10.1 Å². The van der Waals surface area contributed by atoms with Crippen LogP contribution in [-0.2, 0) is 9.53 Å². The SMILES string of the molecule is NC1CCCC1CNC(=O)CCOCC(F)F. The molecule has 0 aromatic heterocycles. The van der Waals surface area contributed by atoms with Crippen LogP contribution in [0.4, 0.5) is 8.78 Å². The molecular formula is C11H20F2N2O2. The Labute approximate surface area is 99.9 Å². The third kappa shape index (κ3) is 5.93. The van der Waals surface area contributed by atoms with E-state index in [-0.39, 0.29) is 25.0 Å². The van der Waals surface area contributed by atoms with E-state index in [1.807, 2.05) is 0 Å². The van der Waals surface area contributed by atoms with Crippen LogP contribution in [0.3, 0.4) is 0 Å². The summed E-state index contributed by atoms with van der Waals surface area (Å²) in [5.41, 5.74) is 5.86. The molecule has 4 nitrogen and oxygen atoms in total. The first-order chi connectivity index (χ1) is 8.09. The highest BCUT2D eigenvalue weighted by Crippen LogP contribution is 2.22. The molecule has 0 bridgehead atoms. The molecule has 17 heavy (non-hydrogen) atoms. The first-order valence-electron chi connectivity index (χ1n) is 5.97. The molecular weight excluding hydrogens is 230 g/mol. The summed E-state index contributed by atoms with van der Waals surface area (Å²) in [6, 6.07) is 0.172. The van der Waals surface area contributed by atoms with E-state index in [9.17, 15) is 13.6 Å². The highest BCUT2D eigenvalue weighted by molar-refractivity contribution is 5.75. The Balaban J connectivity index is 2.01. The predicted molar refractivity (Wildman–Crippen MR) is 59.8 cm³/mol. The topological polar surface area (TPSA) is 64.3 Å². The first kappa shape index (κ1) is 14.3. The van der Waals surface area contributed by atoms with Crippen LogP contribution in [0.25, 0.3) is 0 Å². The Morgan fingerprint density at radius 3 is 2.82 bits per heavy atom. The van der Waals surface area contributed by atoms with Gasteiger partial charge < -0.3 is 15.8 Å². The minimum Gasteiger partial charge on any atom is -0.375 e. The summed E-state index contributed by atoms with van der Waals surface area (Å²) in [6.07, 6.45) is 0.810. The Morgan fingerprint density at radius 2 is 2.24 bits per heavy atom. The predicted octanol–water partition coefficient (Wildman–Crippen LogP) is 0.902. The standard InChI is InChI=1S/C11H20F2N2O2/c12-10(13)7-17-5-4-11(16)15-6-8-2-1-3-9(8)14/h8-10H,1-7,14H2,(H,15,16). The number of hydrogen-bond donors (Lipinski definition) is 2. The monoisotopic (exact) mass is 250 g/mol. The minimum atomic E-state index is -2.48. The summed E-state index contributed by atoms with van der Waals surface area (Å²) in [4.78, 5) is 11.3. The van der Waals surface area contributed by atoms with Gasteiger partial charge in [-0.05, 0) is 18.8 Å². The van der Waals surface area contributed by atoms with E-state index in [1.165, 1.54) is 0 Å². The average molecular weight is 250 g/mol. The van der Waals surface area contributed by atoms with Crippen molar-refractivity contribution in [3.05, 3.63) is 0 Å². The quantitative estimate of drug-likeness (QED) is 0.660. The van der Waals surface area contributed by atoms with Gasteiger partial charge in [0.1, 0.15) is 6.61 Å². The summed E-state index contributed by atoms with van der Waals surface area (Å²) >= 11 is 0. The largest absolute Gasteiger partial charge is 0.375 e. The van der Waals surface area contributed by atoms with Crippen LogP contribution in [0.5, 0.6) is 0 Å². The lowest BCUT2D eigenvalue weighted by Gasteiger charge is -2.15. The number of alkyl halides is 2. The van der Waals surface area contributed by atoms with Gasteiger partial charge in [0, 0.05) is 19.0 Å². The molecule has 0 aromatic carbocycles. The number of nitrogens with two attached hydrogens (primary N) is 1. The molecule has 1 amide bonds. The number of carbonyl (C=O) groups excluding carboxylic acids is 1. The molecule has 2 unspecified atom stereocenters. The molecule has 0 aromatic rings. The lowest BCUT2D eigenvalue weighted by Crippen LogP contribution is -2.36. The van der Waals surface area contributed by atoms with Gasteiger partial charge in [-0.2, -0.15) is 0 Å². The maximum Gasteiger partial charge on any atom is 0.261 e. The number of hydrogen-bond acceptors (Lipinski definition) is 3. The summed E-state index contributed by atoms with van der Waals surface area (Å²) in [5.74, 6) is 0.180. The van der Waals surface area contributed by atoms with Crippen LogP contribution in [0.1, 0.15) is 25.7 Å². The van der Waals surface area contributed by atoms with Gasteiger partial charge in [0.2, 0.25) is 5.91 Å². The van der Waals surface area contributed by atoms with Gasteiger partial charge in [-0.3, -0.25) is 4.79 Å². The van der Waals surface area contributed by atoms with E-state index >= 15 is 0 Å². The van der Waals surface area contributed by atoms with Crippen LogP contribution in [-0.4, -0.2) is 38.1 Å². The molecule has 0 spiro atoms. The van der Waals surface area contributed by atoms with Gasteiger partial charge >= 0.3 is 0 Å². The summed E-state index contributed by atoms with van der Waals surface area (Å²) in [5, 5.41) is 2.76. The summed E-state index contributed by atoms with van der Waals surface area (Å²) in [6.45, 7) is 0.00250. The molecule has 1 saturated carbocycles. The van der Waals surface area contributed by atoms with Crippen molar-refractivity contribution >= 4 is 5.91 Å². The number of rotatable bonds is 7. The molecule has 0 aliphatic heterocycles. The van der Waals surface area contributed by atoms with E-state index in [0.29, 0.717) is 12.5 Å². The third-order valence-electron chi connectivity index (χ3n) is 3.00. The molecule has 0 saturated heterocycles. The number of ether oxygens (including phenoxy) is 1. The van der Waals surface area contributed by atoms with Gasteiger partial charge in [-0.25, -0.2) is 8.78 Å². The zero-order valence-corrected chi connectivity index (χ0v) is 9.83. The van der Waals surface area contributed by atoms with Gasteiger partial charge in [0.15, 0.2) is 0 Å². The second kappa shape index (κ2) is 7.55. The fourth-order valence-corrected chi connectivity index (χ4v) is 1.99. The Bertz CT molecular complexity index is 240. The number of nitrogens with one attached hydrogen (secondary N) is 1. The van der Waals surface area contributed by atoms with Crippen molar-refractivity contribution in [2.45, 2.75) is 38.2 Å². The lowest BCUT2D eigenvalue weighted by molar-refractivity contribution is -0.122. The van der Waals surface area contributed by atoms with Gasteiger partial charge in [-0.15, -0.1) is 0 Å². The van der Waals surface area contributed by atoms with Crippen molar-refractivity contribution < 1.29 is 18.3 Å². The first-order valence-corrected chi connectivity index (χ1v) is 5.97. The van der Waals surface area contributed by atoms with Crippen LogP contribution in [0.2, 0.25) is 0 Å². The van der Waals surface area contributed by atoms with Gasteiger partial charge in [0.25, 0.3) is 6.43 Å². The Kier molecular flexibility index (Phi) is 6.36.